The zero-order chi connectivity index (χ0) is 17.5. The van der Waals surface area contributed by atoms with E-state index in [9.17, 15) is 9.59 Å². The normalized spacial score (nSPS) is 12.3. The molecule has 2 aromatic rings. The number of rotatable bonds is 8. The van der Waals surface area contributed by atoms with Crippen LogP contribution in [0.4, 0.5) is 0 Å². The van der Waals surface area contributed by atoms with Gasteiger partial charge in [0.2, 0.25) is 11.8 Å². The minimum atomic E-state index is -0.0408. The molecule has 130 valence electrons. The molecule has 0 fully saturated rings. The quantitative estimate of drug-likeness (QED) is 0.639. The maximum atomic E-state index is 11.9. The lowest BCUT2D eigenvalue weighted by molar-refractivity contribution is -0.124. The number of amides is 2. The number of imidazole rings is 1. The maximum Gasteiger partial charge on any atom is 0.230 e. The predicted molar refractivity (Wildman–Crippen MR) is 97.8 cm³/mol. The fourth-order valence-corrected chi connectivity index (χ4v) is 2.86. The van der Waals surface area contributed by atoms with Gasteiger partial charge < -0.3 is 15.6 Å². The van der Waals surface area contributed by atoms with Crippen molar-refractivity contribution >= 4 is 34.6 Å². The minimum Gasteiger partial charge on any atom is -0.354 e. The number of H-pyrrole nitrogens is 1. The minimum absolute atomic E-state index is 0.00266. The van der Waals surface area contributed by atoms with E-state index in [-0.39, 0.29) is 23.0 Å². The van der Waals surface area contributed by atoms with E-state index in [1.54, 1.807) is 0 Å². The van der Waals surface area contributed by atoms with Crippen LogP contribution < -0.4 is 10.6 Å². The number of nitrogens with zero attached hydrogens (tertiary/aromatic N) is 1. The van der Waals surface area contributed by atoms with Gasteiger partial charge in [-0.1, -0.05) is 26.0 Å². The Morgan fingerprint density at radius 2 is 1.88 bits per heavy atom. The third-order valence-corrected chi connectivity index (χ3v) is 4.68. The molecule has 0 saturated heterocycles. The number of para-hydroxylation sites is 2. The molecular weight excluding hydrogens is 324 g/mol. The Labute approximate surface area is 146 Å². The summed E-state index contributed by atoms with van der Waals surface area (Å²) in [4.78, 5) is 31.1. The smallest absolute Gasteiger partial charge is 0.230 e. The van der Waals surface area contributed by atoms with Crippen LogP contribution in [-0.2, 0) is 9.59 Å². The van der Waals surface area contributed by atoms with Gasteiger partial charge in [-0.3, -0.25) is 9.59 Å². The first-order valence-corrected chi connectivity index (χ1v) is 9.13. The molecular formula is C17H24N4O2S. The van der Waals surface area contributed by atoms with E-state index in [4.69, 9.17) is 0 Å². The third kappa shape index (κ3) is 5.26. The summed E-state index contributed by atoms with van der Waals surface area (Å²) in [6, 6.07) is 7.87. The van der Waals surface area contributed by atoms with E-state index < -0.39 is 0 Å². The van der Waals surface area contributed by atoms with Crippen LogP contribution in [0.1, 0.15) is 31.8 Å². The number of carbonyl (C=O) groups is 2. The Balaban J connectivity index is 1.70. The summed E-state index contributed by atoms with van der Waals surface area (Å²) in [5, 5.41) is 5.67. The Morgan fingerprint density at radius 3 is 2.58 bits per heavy atom. The Bertz CT molecular complexity index is 666. The molecule has 1 heterocycles. The van der Waals surface area contributed by atoms with Crippen LogP contribution in [0.25, 0.3) is 11.0 Å². The zero-order valence-corrected chi connectivity index (χ0v) is 15.1. The third-order valence-electron chi connectivity index (χ3n) is 3.53. The van der Waals surface area contributed by atoms with Gasteiger partial charge in [-0.05, 0) is 19.1 Å². The van der Waals surface area contributed by atoms with E-state index >= 15 is 0 Å². The Morgan fingerprint density at radius 1 is 1.17 bits per heavy atom. The second-order valence-corrected chi connectivity index (χ2v) is 7.22. The van der Waals surface area contributed by atoms with Crippen molar-refractivity contribution < 1.29 is 9.59 Å². The van der Waals surface area contributed by atoms with Gasteiger partial charge in [-0.15, -0.1) is 11.8 Å². The van der Waals surface area contributed by atoms with Crippen molar-refractivity contribution in [3.8, 4) is 0 Å². The van der Waals surface area contributed by atoms with E-state index in [2.05, 4.69) is 20.6 Å². The summed E-state index contributed by atoms with van der Waals surface area (Å²) < 4.78 is 0. The average molecular weight is 348 g/mol. The van der Waals surface area contributed by atoms with E-state index in [0.717, 1.165) is 16.9 Å². The van der Waals surface area contributed by atoms with Gasteiger partial charge in [0, 0.05) is 19.0 Å². The first kappa shape index (κ1) is 18.3. The molecule has 2 amide bonds. The molecule has 7 heteroatoms. The number of nitrogens with one attached hydrogen (secondary N) is 3. The largest absolute Gasteiger partial charge is 0.354 e. The lowest BCUT2D eigenvalue weighted by atomic mass is 10.2. The van der Waals surface area contributed by atoms with Gasteiger partial charge in [-0.25, -0.2) is 4.98 Å². The van der Waals surface area contributed by atoms with Crippen LogP contribution in [0.15, 0.2) is 24.3 Å². The summed E-state index contributed by atoms with van der Waals surface area (Å²) in [5.74, 6) is 1.15. The molecule has 1 atom stereocenters. The fourth-order valence-electron chi connectivity index (χ4n) is 2.09. The van der Waals surface area contributed by atoms with Crippen LogP contribution in [-0.4, -0.2) is 40.6 Å². The number of carbonyl (C=O) groups excluding carboxylic acids is 2. The van der Waals surface area contributed by atoms with Crippen LogP contribution in [0.2, 0.25) is 0 Å². The van der Waals surface area contributed by atoms with Gasteiger partial charge >= 0.3 is 0 Å². The topological polar surface area (TPSA) is 86.9 Å². The van der Waals surface area contributed by atoms with Crippen molar-refractivity contribution in [1.29, 1.82) is 0 Å². The summed E-state index contributed by atoms with van der Waals surface area (Å²) >= 11 is 1.53. The summed E-state index contributed by atoms with van der Waals surface area (Å²) in [5.41, 5.74) is 1.94. The standard InChI is InChI=1S/C17H24N4O2S/c1-11(2)17(23)19-9-8-18-15(22)10-24-12(3)16-20-13-6-4-5-7-14(13)21-16/h4-7,11-12H,8-10H2,1-3H3,(H,18,22)(H,19,23)(H,20,21). The van der Waals surface area contributed by atoms with Gasteiger partial charge in [0.05, 0.1) is 22.0 Å². The fraction of sp³-hybridized carbons (Fsp3) is 0.471. The molecule has 0 aliphatic carbocycles. The molecule has 0 aliphatic heterocycles. The highest BCUT2D eigenvalue weighted by atomic mass is 32.2. The molecule has 0 bridgehead atoms. The van der Waals surface area contributed by atoms with E-state index in [1.165, 1.54) is 11.8 Å². The first-order chi connectivity index (χ1) is 11.5. The number of fused-ring (bicyclic) bond motifs is 1. The molecule has 0 radical (unpaired) electrons. The molecule has 1 aromatic carbocycles. The van der Waals surface area contributed by atoms with Crippen molar-refractivity contribution in [1.82, 2.24) is 20.6 Å². The number of benzene rings is 1. The summed E-state index contributed by atoms with van der Waals surface area (Å²) in [7, 11) is 0. The molecule has 0 aliphatic rings. The number of aromatic amines is 1. The molecule has 0 saturated carbocycles. The lowest BCUT2D eigenvalue weighted by Crippen LogP contribution is -2.37. The van der Waals surface area contributed by atoms with E-state index in [0.29, 0.717) is 18.8 Å². The van der Waals surface area contributed by atoms with Crippen LogP contribution >= 0.6 is 11.8 Å². The van der Waals surface area contributed by atoms with Crippen molar-refractivity contribution in [3.63, 3.8) is 0 Å². The molecule has 24 heavy (non-hydrogen) atoms. The molecule has 0 spiro atoms. The second kappa shape index (κ2) is 8.73. The Kier molecular flexibility index (Phi) is 6.66. The van der Waals surface area contributed by atoms with Gasteiger partial charge in [-0.2, -0.15) is 0 Å². The van der Waals surface area contributed by atoms with Crippen molar-refractivity contribution in [2.24, 2.45) is 5.92 Å². The zero-order valence-electron chi connectivity index (χ0n) is 14.3. The highest BCUT2D eigenvalue weighted by molar-refractivity contribution is 8.00. The van der Waals surface area contributed by atoms with Crippen molar-refractivity contribution in [2.75, 3.05) is 18.8 Å². The molecule has 3 N–H and O–H groups in total. The van der Waals surface area contributed by atoms with Crippen LogP contribution in [0.5, 0.6) is 0 Å². The highest BCUT2D eigenvalue weighted by Gasteiger charge is 2.13. The molecule has 2 rings (SSSR count). The Hall–Kier alpha value is -2.02. The number of hydrogen-bond acceptors (Lipinski definition) is 4. The lowest BCUT2D eigenvalue weighted by Gasteiger charge is -2.10. The maximum absolute atomic E-state index is 11.9. The van der Waals surface area contributed by atoms with Gasteiger partial charge in [0.25, 0.3) is 0 Å². The van der Waals surface area contributed by atoms with Crippen molar-refractivity contribution in [3.05, 3.63) is 30.1 Å². The monoisotopic (exact) mass is 348 g/mol. The highest BCUT2D eigenvalue weighted by Crippen LogP contribution is 2.27. The molecule has 6 nitrogen and oxygen atoms in total. The van der Waals surface area contributed by atoms with Crippen LogP contribution in [0, 0.1) is 5.92 Å². The average Bonchev–Trinajstić information content (AvgIpc) is 3.00. The number of thioether (sulfide) groups is 1. The van der Waals surface area contributed by atoms with Crippen LogP contribution in [0.3, 0.4) is 0 Å². The van der Waals surface area contributed by atoms with Gasteiger partial charge in [0.15, 0.2) is 0 Å². The number of hydrogen-bond donors (Lipinski definition) is 3. The number of aromatic nitrogens is 2. The summed E-state index contributed by atoms with van der Waals surface area (Å²) in [6.45, 7) is 6.59. The van der Waals surface area contributed by atoms with Gasteiger partial charge in [0.1, 0.15) is 5.82 Å². The SMILES string of the molecule is CC(C)C(=O)NCCNC(=O)CSC(C)c1nc2ccccc2[nH]1. The molecule has 1 aromatic heterocycles. The predicted octanol–water partition coefficient (Wildman–Crippen LogP) is 2.25. The summed E-state index contributed by atoms with van der Waals surface area (Å²) in [6.07, 6.45) is 0. The second-order valence-electron chi connectivity index (χ2n) is 5.89. The van der Waals surface area contributed by atoms with Crippen molar-refractivity contribution in [2.45, 2.75) is 26.0 Å². The van der Waals surface area contributed by atoms with E-state index in [1.807, 2.05) is 45.0 Å². The molecule has 1 unspecified atom stereocenters. The first-order valence-electron chi connectivity index (χ1n) is 8.08.